The van der Waals surface area contributed by atoms with Gasteiger partial charge in [0.15, 0.2) is 6.29 Å². The van der Waals surface area contributed by atoms with Gasteiger partial charge in [0.2, 0.25) is 0 Å². The number of hydrogen-bond donors (Lipinski definition) is 0. The first-order valence-electron chi connectivity index (χ1n) is 6.84. The molecule has 0 aromatic heterocycles. The highest BCUT2D eigenvalue weighted by Gasteiger charge is 2.13. The first kappa shape index (κ1) is 15.3. The van der Waals surface area contributed by atoms with Crippen molar-refractivity contribution in [3.05, 3.63) is 71.8 Å². The molecule has 2 rings (SSSR count). The van der Waals surface area contributed by atoms with Crippen molar-refractivity contribution < 1.29 is 14.2 Å². The maximum Gasteiger partial charge on any atom is 0.186 e. The molecule has 0 aliphatic carbocycles. The Hall–Kier alpha value is -2.10. The Balaban J connectivity index is 1.99. The van der Waals surface area contributed by atoms with Gasteiger partial charge in [-0.2, -0.15) is 0 Å². The summed E-state index contributed by atoms with van der Waals surface area (Å²) in [4.78, 5) is 0. The van der Waals surface area contributed by atoms with Gasteiger partial charge in [-0.25, -0.2) is 0 Å². The van der Waals surface area contributed by atoms with E-state index in [4.69, 9.17) is 14.2 Å². The fourth-order valence-electron chi connectivity index (χ4n) is 2.04. The van der Waals surface area contributed by atoms with Crippen molar-refractivity contribution in [1.29, 1.82) is 0 Å². The van der Waals surface area contributed by atoms with Crippen LogP contribution in [-0.2, 0) is 9.47 Å². The summed E-state index contributed by atoms with van der Waals surface area (Å²) in [6.07, 6.45) is 3.60. The molecule has 0 aliphatic heterocycles. The average Bonchev–Trinajstić information content (AvgIpc) is 2.55. The zero-order valence-electron chi connectivity index (χ0n) is 12.4. The van der Waals surface area contributed by atoms with Gasteiger partial charge in [0.25, 0.3) is 0 Å². The topological polar surface area (TPSA) is 27.7 Å². The van der Waals surface area contributed by atoms with Crippen molar-refractivity contribution in [2.45, 2.75) is 6.29 Å². The molecule has 0 heterocycles. The van der Waals surface area contributed by atoms with Gasteiger partial charge < -0.3 is 14.2 Å². The SMILES string of the molecule is COC(OC)c1ccccc1OC/C=C/c1ccccc1. The van der Waals surface area contributed by atoms with Crippen LogP contribution in [0.4, 0.5) is 0 Å². The quantitative estimate of drug-likeness (QED) is 0.717. The third kappa shape index (κ3) is 4.45. The van der Waals surface area contributed by atoms with Crippen LogP contribution < -0.4 is 4.74 Å². The molecule has 0 saturated heterocycles. The Morgan fingerprint density at radius 2 is 1.57 bits per heavy atom. The van der Waals surface area contributed by atoms with Crippen LogP contribution in [-0.4, -0.2) is 20.8 Å². The average molecular weight is 284 g/mol. The first-order valence-corrected chi connectivity index (χ1v) is 6.84. The Morgan fingerprint density at radius 1 is 0.905 bits per heavy atom. The van der Waals surface area contributed by atoms with E-state index in [9.17, 15) is 0 Å². The van der Waals surface area contributed by atoms with Crippen molar-refractivity contribution in [3.8, 4) is 5.75 Å². The summed E-state index contributed by atoms with van der Waals surface area (Å²) in [7, 11) is 3.22. The van der Waals surface area contributed by atoms with E-state index in [0.29, 0.717) is 6.61 Å². The zero-order valence-corrected chi connectivity index (χ0v) is 12.4. The lowest BCUT2D eigenvalue weighted by Crippen LogP contribution is -2.06. The largest absolute Gasteiger partial charge is 0.489 e. The second-order valence-electron chi connectivity index (χ2n) is 4.47. The molecule has 3 heteroatoms. The predicted octanol–water partition coefficient (Wildman–Crippen LogP) is 4.07. The molecular weight excluding hydrogens is 264 g/mol. The molecule has 0 radical (unpaired) electrons. The van der Waals surface area contributed by atoms with Crippen LogP contribution in [0.15, 0.2) is 60.7 Å². The van der Waals surface area contributed by atoms with Crippen molar-refractivity contribution >= 4 is 6.08 Å². The smallest absolute Gasteiger partial charge is 0.186 e. The van der Waals surface area contributed by atoms with Gasteiger partial charge in [0, 0.05) is 19.8 Å². The van der Waals surface area contributed by atoms with E-state index in [1.807, 2.05) is 54.6 Å². The third-order valence-electron chi connectivity index (χ3n) is 3.05. The van der Waals surface area contributed by atoms with Crippen LogP contribution >= 0.6 is 0 Å². The summed E-state index contributed by atoms with van der Waals surface area (Å²) in [5, 5.41) is 0. The predicted molar refractivity (Wildman–Crippen MR) is 84.2 cm³/mol. The Kier molecular flexibility index (Phi) is 6.00. The van der Waals surface area contributed by atoms with Gasteiger partial charge >= 0.3 is 0 Å². The van der Waals surface area contributed by atoms with Crippen LogP contribution in [0, 0.1) is 0 Å². The highest BCUT2D eigenvalue weighted by Crippen LogP contribution is 2.27. The van der Waals surface area contributed by atoms with Crippen LogP contribution in [0.3, 0.4) is 0 Å². The summed E-state index contributed by atoms with van der Waals surface area (Å²) in [6.45, 7) is 0.492. The summed E-state index contributed by atoms with van der Waals surface area (Å²) in [5.74, 6) is 0.768. The summed E-state index contributed by atoms with van der Waals surface area (Å²) < 4.78 is 16.4. The van der Waals surface area contributed by atoms with Crippen LogP contribution in [0.1, 0.15) is 17.4 Å². The first-order chi connectivity index (χ1) is 10.3. The number of rotatable bonds is 7. The highest BCUT2D eigenvalue weighted by molar-refractivity contribution is 5.48. The minimum Gasteiger partial charge on any atom is -0.489 e. The maximum absolute atomic E-state index is 5.80. The van der Waals surface area contributed by atoms with Gasteiger partial charge in [-0.05, 0) is 17.7 Å². The van der Waals surface area contributed by atoms with Crippen LogP contribution in [0.2, 0.25) is 0 Å². The van der Waals surface area contributed by atoms with Crippen LogP contribution in [0.5, 0.6) is 5.75 Å². The van der Waals surface area contributed by atoms with Gasteiger partial charge in [0.1, 0.15) is 12.4 Å². The fourth-order valence-corrected chi connectivity index (χ4v) is 2.04. The number of hydrogen-bond acceptors (Lipinski definition) is 3. The molecule has 0 spiro atoms. The van der Waals surface area contributed by atoms with Gasteiger partial charge in [-0.15, -0.1) is 0 Å². The van der Waals surface area contributed by atoms with E-state index in [-0.39, 0.29) is 0 Å². The Morgan fingerprint density at radius 3 is 2.29 bits per heavy atom. The molecule has 0 amide bonds. The Bertz CT molecular complexity index is 560. The molecule has 21 heavy (non-hydrogen) atoms. The molecule has 0 bridgehead atoms. The van der Waals surface area contributed by atoms with E-state index in [1.165, 1.54) is 0 Å². The molecule has 0 fully saturated rings. The number of benzene rings is 2. The standard InChI is InChI=1S/C18H20O3/c1-19-18(20-2)16-12-6-7-13-17(16)21-14-8-11-15-9-4-3-5-10-15/h3-13,18H,14H2,1-2H3/b11-8+. The number of para-hydroxylation sites is 1. The lowest BCUT2D eigenvalue weighted by Gasteiger charge is -2.17. The summed E-state index contributed by atoms with van der Waals surface area (Å²) in [6, 6.07) is 17.8. The van der Waals surface area contributed by atoms with E-state index in [1.54, 1.807) is 14.2 Å². The monoisotopic (exact) mass is 284 g/mol. The molecule has 2 aromatic rings. The van der Waals surface area contributed by atoms with E-state index in [0.717, 1.165) is 16.9 Å². The molecule has 0 aliphatic rings. The maximum atomic E-state index is 5.80. The molecule has 110 valence electrons. The highest BCUT2D eigenvalue weighted by atomic mass is 16.7. The lowest BCUT2D eigenvalue weighted by atomic mass is 10.2. The molecule has 0 saturated carbocycles. The van der Waals surface area contributed by atoms with Crippen molar-refractivity contribution in [1.82, 2.24) is 0 Å². The summed E-state index contributed by atoms with van der Waals surface area (Å²) in [5.41, 5.74) is 2.04. The number of methoxy groups -OCH3 is 2. The van der Waals surface area contributed by atoms with Gasteiger partial charge in [0.05, 0.1) is 0 Å². The van der Waals surface area contributed by atoms with Crippen molar-refractivity contribution in [3.63, 3.8) is 0 Å². The van der Waals surface area contributed by atoms with E-state index in [2.05, 4.69) is 12.1 Å². The minimum atomic E-state index is -0.417. The molecular formula is C18H20O3. The minimum absolute atomic E-state index is 0.417. The van der Waals surface area contributed by atoms with Gasteiger partial charge in [-0.3, -0.25) is 0 Å². The number of ether oxygens (including phenoxy) is 3. The lowest BCUT2D eigenvalue weighted by molar-refractivity contribution is -0.107. The van der Waals surface area contributed by atoms with E-state index >= 15 is 0 Å². The van der Waals surface area contributed by atoms with E-state index < -0.39 is 6.29 Å². The molecule has 0 unspecified atom stereocenters. The second-order valence-corrected chi connectivity index (χ2v) is 4.47. The van der Waals surface area contributed by atoms with Crippen molar-refractivity contribution in [2.24, 2.45) is 0 Å². The molecule has 0 N–H and O–H groups in total. The second kappa shape index (κ2) is 8.25. The van der Waals surface area contributed by atoms with Crippen LogP contribution in [0.25, 0.3) is 6.08 Å². The molecule has 2 aromatic carbocycles. The zero-order chi connectivity index (χ0) is 14.9. The Labute approximate surface area is 125 Å². The van der Waals surface area contributed by atoms with Gasteiger partial charge in [-0.1, -0.05) is 54.6 Å². The molecule has 3 nitrogen and oxygen atoms in total. The summed E-state index contributed by atoms with van der Waals surface area (Å²) >= 11 is 0. The fraction of sp³-hybridized carbons (Fsp3) is 0.222. The van der Waals surface area contributed by atoms with Crippen molar-refractivity contribution in [2.75, 3.05) is 20.8 Å². The normalized spacial score (nSPS) is 11.2. The molecule has 0 atom stereocenters. The third-order valence-corrected chi connectivity index (χ3v) is 3.05.